The molecule has 0 aliphatic carbocycles. The van der Waals surface area contributed by atoms with Crippen LogP contribution in [-0.2, 0) is 9.59 Å². The number of carbonyl (C=O) groups is 2. The molecule has 1 unspecified atom stereocenters. The summed E-state index contributed by atoms with van der Waals surface area (Å²) in [6, 6.07) is 3.82. The van der Waals surface area contributed by atoms with Gasteiger partial charge < -0.3 is 15.5 Å². The minimum Gasteiger partial charge on any atom is -0.361 e. The molecule has 1 aliphatic rings. The molecule has 2 N–H and O–H groups in total. The van der Waals surface area contributed by atoms with Gasteiger partial charge in [0.05, 0.1) is 5.69 Å². The van der Waals surface area contributed by atoms with Crippen molar-refractivity contribution < 1.29 is 9.59 Å². The molecule has 3 rings (SSSR count). The highest BCUT2D eigenvalue weighted by molar-refractivity contribution is 6.34. The molecule has 1 saturated heterocycles. The van der Waals surface area contributed by atoms with Gasteiger partial charge in [-0.05, 0) is 38.7 Å². The Balaban J connectivity index is 1.70. The number of primary amides is 1. The van der Waals surface area contributed by atoms with E-state index in [4.69, 9.17) is 5.73 Å². The number of aryl methyl sites for hydroxylation is 2. The number of aromatic nitrogens is 4. The Hall–Kier alpha value is -2.97. The van der Waals surface area contributed by atoms with Gasteiger partial charge in [0.2, 0.25) is 5.95 Å². The summed E-state index contributed by atoms with van der Waals surface area (Å²) in [5.74, 6) is 0.0353. The number of likely N-dealkylation sites (tertiary alicyclic amines) is 1. The van der Waals surface area contributed by atoms with Crippen LogP contribution < -0.4 is 10.6 Å². The van der Waals surface area contributed by atoms with Crippen molar-refractivity contribution in [3.05, 3.63) is 29.7 Å². The van der Waals surface area contributed by atoms with Crippen LogP contribution in [0.25, 0.3) is 5.82 Å². The number of nitrogens with two attached hydrogens (primary N) is 1. The van der Waals surface area contributed by atoms with Gasteiger partial charge in [-0.1, -0.05) is 0 Å². The van der Waals surface area contributed by atoms with E-state index in [2.05, 4.69) is 15.1 Å². The van der Waals surface area contributed by atoms with Gasteiger partial charge in [-0.2, -0.15) is 10.1 Å². The van der Waals surface area contributed by atoms with E-state index in [-0.39, 0.29) is 5.92 Å². The highest BCUT2D eigenvalue weighted by Crippen LogP contribution is 2.20. The standard InChI is InChI=1S/C18H25N7O2/c1-12-9-13(2)25(22-12)15-6-7-20-18(21-15)23(3)10-14-5-4-8-24(11-14)17(27)16(19)26/h6-7,9,14H,4-5,8,10-11H2,1-3H3,(H2,19,26). The molecule has 0 saturated carbocycles. The van der Waals surface area contributed by atoms with Gasteiger partial charge in [0.15, 0.2) is 5.82 Å². The first-order chi connectivity index (χ1) is 12.8. The number of anilines is 1. The van der Waals surface area contributed by atoms with Crippen LogP contribution in [0.3, 0.4) is 0 Å². The Morgan fingerprint density at radius 3 is 2.81 bits per heavy atom. The zero-order valence-corrected chi connectivity index (χ0v) is 15.9. The van der Waals surface area contributed by atoms with Gasteiger partial charge in [0.1, 0.15) is 0 Å². The third kappa shape index (κ3) is 4.24. The van der Waals surface area contributed by atoms with Crippen molar-refractivity contribution in [1.82, 2.24) is 24.6 Å². The molecular weight excluding hydrogens is 346 g/mol. The van der Waals surface area contributed by atoms with Gasteiger partial charge in [-0.25, -0.2) is 9.67 Å². The summed E-state index contributed by atoms with van der Waals surface area (Å²) in [4.78, 5) is 35.5. The van der Waals surface area contributed by atoms with Crippen molar-refractivity contribution in [2.75, 3.05) is 31.6 Å². The minimum atomic E-state index is -0.898. The van der Waals surface area contributed by atoms with Gasteiger partial charge >= 0.3 is 11.8 Å². The van der Waals surface area contributed by atoms with Crippen LogP contribution >= 0.6 is 0 Å². The van der Waals surface area contributed by atoms with E-state index in [1.54, 1.807) is 10.9 Å². The Morgan fingerprint density at radius 2 is 2.15 bits per heavy atom. The monoisotopic (exact) mass is 371 g/mol. The average Bonchev–Trinajstić information content (AvgIpc) is 2.99. The third-order valence-electron chi connectivity index (χ3n) is 4.75. The van der Waals surface area contributed by atoms with Crippen molar-refractivity contribution in [3.63, 3.8) is 0 Å². The Kier molecular flexibility index (Phi) is 5.38. The molecule has 2 aromatic rings. The summed E-state index contributed by atoms with van der Waals surface area (Å²) in [5, 5.41) is 4.46. The normalized spacial score (nSPS) is 17.0. The van der Waals surface area contributed by atoms with Crippen molar-refractivity contribution >= 4 is 17.8 Å². The molecule has 1 fully saturated rings. The number of piperidine rings is 1. The van der Waals surface area contributed by atoms with E-state index in [9.17, 15) is 9.59 Å². The number of nitrogens with zero attached hydrogens (tertiary/aromatic N) is 6. The molecule has 3 heterocycles. The topological polar surface area (TPSA) is 110 Å². The molecule has 2 amide bonds. The molecule has 27 heavy (non-hydrogen) atoms. The summed E-state index contributed by atoms with van der Waals surface area (Å²) in [5.41, 5.74) is 7.06. The predicted octanol–water partition coefficient (Wildman–Crippen LogP) is 0.439. The lowest BCUT2D eigenvalue weighted by atomic mass is 9.97. The number of hydrogen-bond donors (Lipinski definition) is 1. The summed E-state index contributed by atoms with van der Waals surface area (Å²) < 4.78 is 1.79. The first-order valence-corrected chi connectivity index (χ1v) is 9.01. The third-order valence-corrected chi connectivity index (χ3v) is 4.75. The quantitative estimate of drug-likeness (QED) is 0.781. The van der Waals surface area contributed by atoms with E-state index in [0.717, 1.165) is 24.2 Å². The van der Waals surface area contributed by atoms with Crippen LogP contribution in [0, 0.1) is 19.8 Å². The lowest BCUT2D eigenvalue weighted by Crippen LogP contribution is -2.47. The molecule has 9 heteroatoms. The van der Waals surface area contributed by atoms with Crippen molar-refractivity contribution in [2.24, 2.45) is 11.7 Å². The summed E-state index contributed by atoms with van der Waals surface area (Å²) in [6.07, 6.45) is 3.54. The second-order valence-corrected chi connectivity index (χ2v) is 7.06. The molecule has 1 atom stereocenters. The van der Waals surface area contributed by atoms with Crippen LogP contribution in [0.5, 0.6) is 0 Å². The van der Waals surface area contributed by atoms with E-state index in [1.807, 2.05) is 37.9 Å². The second-order valence-electron chi connectivity index (χ2n) is 7.06. The lowest BCUT2D eigenvalue weighted by Gasteiger charge is -2.34. The summed E-state index contributed by atoms with van der Waals surface area (Å²) in [7, 11) is 1.93. The van der Waals surface area contributed by atoms with Crippen molar-refractivity contribution in [3.8, 4) is 5.82 Å². The number of hydrogen-bond acceptors (Lipinski definition) is 6. The summed E-state index contributed by atoms with van der Waals surface area (Å²) in [6.45, 7) is 5.70. The van der Waals surface area contributed by atoms with Crippen molar-refractivity contribution in [1.29, 1.82) is 0 Å². The zero-order chi connectivity index (χ0) is 19.6. The molecule has 9 nitrogen and oxygen atoms in total. The van der Waals surface area contributed by atoms with E-state index >= 15 is 0 Å². The van der Waals surface area contributed by atoms with Gasteiger partial charge in [-0.3, -0.25) is 9.59 Å². The Bertz CT molecular complexity index is 848. The molecule has 2 aromatic heterocycles. The van der Waals surface area contributed by atoms with Crippen LogP contribution in [0.1, 0.15) is 24.2 Å². The van der Waals surface area contributed by atoms with Crippen LogP contribution in [0.15, 0.2) is 18.3 Å². The predicted molar refractivity (Wildman–Crippen MR) is 100 cm³/mol. The minimum absolute atomic E-state index is 0.230. The highest BCUT2D eigenvalue weighted by atomic mass is 16.2. The maximum absolute atomic E-state index is 11.8. The Morgan fingerprint density at radius 1 is 1.37 bits per heavy atom. The van der Waals surface area contributed by atoms with E-state index in [0.29, 0.717) is 31.4 Å². The highest BCUT2D eigenvalue weighted by Gasteiger charge is 2.27. The fraction of sp³-hybridized carbons (Fsp3) is 0.500. The average molecular weight is 371 g/mol. The van der Waals surface area contributed by atoms with Gasteiger partial charge in [0, 0.05) is 44.6 Å². The fourth-order valence-electron chi connectivity index (χ4n) is 3.53. The second kappa shape index (κ2) is 7.73. The first kappa shape index (κ1) is 18.8. The molecule has 1 aliphatic heterocycles. The molecule has 0 radical (unpaired) electrons. The number of amides is 2. The van der Waals surface area contributed by atoms with Gasteiger partial charge in [-0.15, -0.1) is 0 Å². The van der Waals surface area contributed by atoms with Crippen LogP contribution in [-0.4, -0.2) is 63.1 Å². The Labute approximate surface area is 158 Å². The molecule has 144 valence electrons. The van der Waals surface area contributed by atoms with E-state index < -0.39 is 11.8 Å². The van der Waals surface area contributed by atoms with Crippen molar-refractivity contribution in [2.45, 2.75) is 26.7 Å². The van der Waals surface area contributed by atoms with Gasteiger partial charge in [0.25, 0.3) is 0 Å². The number of carbonyl (C=O) groups excluding carboxylic acids is 2. The summed E-state index contributed by atoms with van der Waals surface area (Å²) >= 11 is 0. The fourth-order valence-corrected chi connectivity index (χ4v) is 3.53. The SMILES string of the molecule is Cc1cc(C)n(-c2ccnc(N(C)CC3CCCN(C(=O)C(N)=O)C3)n2)n1. The maximum Gasteiger partial charge on any atom is 0.311 e. The molecule has 0 aromatic carbocycles. The maximum atomic E-state index is 11.8. The zero-order valence-electron chi connectivity index (χ0n) is 15.9. The lowest BCUT2D eigenvalue weighted by molar-refractivity contribution is -0.145. The number of rotatable bonds is 4. The van der Waals surface area contributed by atoms with Crippen LogP contribution in [0.4, 0.5) is 5.95 Å². The largest absolute Gasteiger partial charge is 0.361 e. The van der Waals surface area contributed by atoms with E-state index in [1.165, 1.54) is 4.90 Å². The molecule has 0 bridgehead atoms. The molecular formula is C18H25N7O2. The van der Waals surface area contributed by atoms with Crippen LogP contribution in [0.2, 0.25) is 0 Å². The first-order valence-electron chi connectivity index (χ1n) is 9.01. The molecule has 0 spiro atoms. The smallest absolute Gasteiger partial charge is 0.311 e.